The van der Waals surface area contributed by atoms with Crippen LogP contribution in [-0.2, 0) is 4.79 Å². The lowest BCUT2D eigenvalue weighted by atomic mass is 10.1. The van der Waals surface area contributed by atoms with Crippen LogP contribution in [0.4, 0.5) is 15.9 Å². The number of methoxy groups -OCH3 is 1. The zero-order chi connectivity index (χ0) is 26.1. The Hall–Kier alpha value is -4.18. The third-order valence-electron chi connectivity index (χ3n) is 6.35. The number of amides is 2. The molecule has 1 aliphatic heterocycles. The number of carbonyl (C=O) groups is 2. The number of anilines is 2. The zero-order valence-electron chi connectivity index (χ0n) is 20.2. The molecule has 9 nitrogen and oxygen atoms in total. The van der Waals surface area contributed by atoms with Crippen LogP contribution in [0.15, 0.2) is 55.0 Å². The van der Waals surface area contributed by atoms with E-state index in [0.717, 1.165) is 0 Å². The summed E-state index contributed by atoms with van der Waals surface area (Å²) >= 11 is 6.49. The van der Waals surface area contributed by atoms with E-state index in [0.29, 0.717) is 65.2 Å². The third kappa shape index (κ3) is 4.79. The van der Waals surface area contributed by atoms with Crippen molar-refractivity contribution < 1.29 is 18.7 Å². The molecule has 0 unspecified atom stereocenters. The fraction of sp³-hybridized carbons (Fsp3) is 0.231. The highest BCUT2D eigenvalue weighted by atomic mass is 35.5. The number of nitrogens with zero attached hydrogens (tertiary/aromatic N) is 5. The number of aromatic nitrogens is 3. The van der Waals surface area contributed by atoms with Crippen molar-refractivity contribution >= 4 is 40.6 Å². The van der Waals surface area contributed by atoms with Gasteiger partial charge in [-0.25, -0.2) is 14.4 Å². The quantitative estimate of drug-likeness (QED) is 0.421. The molecule has 2 aromatic heterocycles. The van der Waals surface area contributed by atoms with Gasteiger partial charge in [-0.2, -0.15) is 0 Å². The Labute approximate surface area is 217 Å². The van der Waals surface area contributed by atoms with Crippen LogP contribution >= 0.6 is 11.6 Å². The first kappa shape index (κ1) is 24.5. The molecule has 37 heavy (non-hydrogen) atoms. The average Bonchev–Trinajstić information content (AvgIpc) is 3.34. The molecule has 3 heterocycles. The van der Waals surface area contributed by atoms with E-state index in [1.165, 1.54) is 20.1 Å². The van der Waals surface area contributed by atoms with E-state index in [-0.39, 0.29) is 17.6 Å². The minimum atomic E-state index is -0.465. The van der Waals surface area contributed by atoms with E-state index >= 15 is 0 Å². The summed E-state index contributed by atoms with van der Waals surface area (Å²) in [6.45, 7) is 3.45. The fourth-order valence-electron chi connectivity index (χ4n) is 4.34. The Bertz CT molecular complexity index is 1500. The molecule has 1 N–H and O–H groups in total. The van der Waals surface area contributed by atoms with E-state index in [1.54, 1.807) is 63.1 Å². The first-order valence-corrected chi connectivity index (χ1v) is 12.0. The highest BCUT2D eigenvalue weighted by Crippen LogP contribution is 2.29. The summed E-state index contributed by atoms with van der Waals surface area (Å²) in [5.41, 5.74) is 2.88. The highest BCUT2D eigenvalue weighted by Gasteiger charge is 2.24. The Morgan fingerprint density at radius 3 is 2.49 bits per heavy atom. The van der Waals surface area contributed by atoms with Crippen molar-refractivity contribution in [1.29, 1.82) is 0 Å². The second-order valence-electron chi connectivity index (χ2n) is 8.58. The van der Waals surface area contributed by atoms with E-state index in [2.05, 4.69) is 15.3 Å². The van der Waals surface area contributed by atoms with Crippen LogP contribution in [0.1, 0.15) is 17.3 Å². The first-order chi connectivity index (χ1) is 17.9. The maximum atomic E-state index is 14.3. The Balaban J connectivity index is 1.36. The maximum Gasteiger partial charge on any atom is 0.255 e. The van der Waals surface area contributed by atoms with Gasteiger partial charge < -0.3 is 19.9 Å². The number of halogens is 2. The number of carbonyl (C=O) groups excluding carboxylic acids is 2. The summed E-state index contributed by atoms with van der Waals surface area (Å²) in [5.74, 6) is -0.00105. The monoisotopic (exact) mass is 522 g/mol. The van der Waals surface area contributed by atoms with Gasteiger partial charge in [0.2, 0.25) is 5.91 Å². The van der Waals surface area contributed by atoms with Gasteiger partial charge in [0.05, 0.1) is 29.6 Å². The molecule has 1 aliphatic rings. The number of hydrogen-bond acceptors (Lipinski definition) is 6. The summed E-state index contributed by atoms with van der Waals surface area (Å²) in [5, 5.41) is 3.50. The predicted octanol–water partition coefficient (Wildman–Crippen LogP) is 4.25. The molecule has 1 fully saturated rings. The summed E-state index contributed by atoms with van der Waals surface area (Å²) in [6, 6.07) is 9.80. The fourth-order valence-corrected chi connectivity index (χ4v) is 4.61. The normalized spacial score (nSPS) is 13.6. The van der Waals surface area contributed by atoms with Gasteiger partial charge in [-0.1, -0.05) is 11.6 Å². The van der Waals surface area contributed by atoms with Crippen LogP contribution in [0.25, 0.3) is 16.9 Å². The Morgan fingerprint density at radius 1 is 1.05 bits per heavy atom. The van der Waals surface area contributed by atoms with E-state index in [1.807, 2.05) is 0 Å². The van der Waals surface area contributed by atoms with Gasteiger partial charge in [0.25, 0.3) is 5.91 Å². The molecule has 0 aliphatic carbocycles. The minimum Gasteiger partial charge on any atom is -0.494 e. The van der Waals surface area contributed by atoms with Crippen LogP contribution in [0.5, 0.6) is 5.75 Å². The molecule has 2 aromatic carbocycles. The number of piperazine rings is 1. The molecule has 0 radical (unpaired) electrons. The second kappa shape index (κ2) is 10.1. The standard InChI is InChI=1S/C26H24ClFN6O3/c1-16(35)32-9-11-33(12-10-32)26(36)19-5-4-18(14-20(19)27)31-24-25-30-15-22(34(25)8-7-29-24)17-3-6-23(37-2)21(28)13-17/h3-8,13-15H,9-12H2,1-2H3,(H,29,31). The largest absolute Gasteiger partial charge is 0.494 e. The SMILES string of the molecule is COc1ccc(-c2cnc3c(Nc4ccc(C(=O)N5CCN(C(C)=O)CC5)c(Cl)c4)nccn23)cc1F. The van der Waals surface area contributed by atoms with Gasteiger partial charge in [-0.05, 0) is 36.4 Å². The van der Waals surface area contributed by atoms with Gasteiger partial charge in [-0.3, -0.25) is 14.0 Å². The van der Waals surface area contributed by atoms with Crippen molar-refractivity contribution in [3.8, 4) is 17.0 Å². The molecule has 190 valence electrons. The van der Waals surface area contributed by atoms with Crippen LogP contribution in [0.3, 0.4) is 0 Å². The van der Waals surface area contributed by atoms with E-state index in [4.69, 9.17) is 16.3 Å². The summed E-state index contributed by atoms with van der Waals surface area (Å²) in [4.78, 5) is 36.8. The molecular formula is C26H24ClFN6O3. The second-order valence-corrected chi connectivity index (χ2v) is 8.99. The molecule has 0 spiro atoms. The lowest BCUT2D eigenvalue weighted by Crippen LogP contribution is -2.50. The predicted molar refractivity (Wildman–Crippen MR) is 138 cm³/mol. The van der Waals surface area contributed by atoms with Crippen LogP contribution in [-0.4, -0.2) is 69.3 Å². The molecule has 2 amide bonds. The topological polar surface area (TPSA) is 92.1 Å². The number of hydrogen-bond donors (Lipinski definition) is 1. The van der Waals surface area contributed by atoms with Gasteiger partial charge in [0.15, 0.2) is 23.0 Å². The average molecular weight is 523 g/mol. The minimum absolute atomic E-state index is 0.00458. The van der Waals surface area contributed by atoms with Crippen molar-refractivity contribution in [1.82, 2.24) is 24.2 Å². The van der Waals surface area contributed by atoms with Crippen LogP contribution in [0.2, 0.25) is 5.02 Å². The molecular weight excluding hydrogens is 499 g/mol. The van der Waals surface area contributed by atoms with Crippen LogP contribution in [0, 0.1) is 5.82 Å². The third-order valence-corrected chi connectivity index (χ3v) is 6.66. The molecule has 1 saturated heterocycles. The van der Waals surface area contributed by atoms with Gasteiger partial charge >= 0.3 is 0 Å². The number of rotatable bonds is 5. The van der Waals surface area contributed by atoms with Crippen LogP contribution < -0.4 is 10.1 Å². The van der Waals surface area contributed by atoms with Crippen molar-refractivity contribution in [2.75, 3.05) is 38.6 Å². The number of nitrogens with one attached hydrogen (secondary N) is 1. The van der Waals surface area contributed by atoms with Crippen molar-refractivity contribution in [2.45, 2.75) is 6.92 Å². The van der Waals surface area contributed by atoms with E-state index < -0.39 is 5.82 Å². The van der Waals surface area contributed by atoms with Crippen molar-refractivity contribution in [3.63, 3.8) is 0 Å². The van der Waals surface area contributed by atoms with Gasteiger partial charge in [-0.15, -0.1) is 0 Å². The Kier molecular flexibility index (Phi) is 6.66. The smallest absolute Gasteiger partial charge is 0.255 e. The zero-order valence-corrected chi connectivity index (χ0v) is 21.0. The van der Waals surface area contributed by atoms with Crippen molar-refractivity contribution in [2.24, 2.45) is 0 Å². The summed E-state index contributed by atoms with van der Waals surface area (Å²) in [7, 11) is 1.42. The molecule has 11 heteroatoms. The summed E-state index contributed by atoms with van der Waals surface area (Å²) in [6.07, 6.45) is 5.00. The van der Waals surface area contributed by atoms with E-state index in [9.17, 15) is 14.0 Å². The molecule has 0 saturated carbocycles. The van der Waals surface area contributed by atoms with Crippen molar-refractivity contribution in [3.05, 3.63) is 71.4 Å². The maximum absolute atomic E-state index is 14.3. The lowest BCUT2D eigenvalue weighted by Gasteiger charge is -2.34. The number of benzene rings is 2. The molecule has 0 atom stereocenters. The number of fused-ring (bicyclic) bond motifs is 1. The molecule has 0 bridgehead atoms. The molecule has 4 aromatic rings. The lowest BCUT2D eigenvalue weighted by molar-refractivity contribution is -0.130. The van der Waals surface area contributed by atoms with Gasteiger partial charge in [0.1, 0.15) is 0 Å². The number of ether oxygens (including phenoxy) is 1. The van der Waals surface area contributed by atoms with Gasteiger partial charge in [0, 0.05) is 56.7 Å². The highest BCUT2D eigenvalue weighted by molar-refractivity contribution is 6.34. The molecule has 5 rings (SSSR count). The summed E-state index contributed by atoms with van der Waals surface area (Å²) < 4.78 is 21.1. The Morgan fingerprint density at radius 2 is 1.81 bits per heavy atom. The number of imidazole rings is 1. The first-order valence-electron chi connectivity index (χ1n) is 11.6.